The van der Waals surface area contributed by atoms with E-state index in [2.05, 4.69) is 33.9 Å². The lowest BCUT2D eigenvalue weighted by Gasteiger charge is -2.23. The van der Waals surface area contributed by atoms with Gasteiger partial charge in [0.25, 0.3) is 0 Å². The van der Waals surface area contributed by atoms with Gasteiger partial charge in [-0.3, -0.25) is 4.98 Å². The van der Waals surface area contributed by atoms with Crippen LogP contribution in [0.2, 0.25) is 0 Å². The molecule has 2 aromatic rings. The minimum absolute atomic E-state index is 0.507. The number of aryl methyl sites for hydroxylation is 1. The molecular weight excluding hydrogens is 302 g/mol. The van der Waals surface area contributed by atoms with Gasteiger partial charge in [-0.25, -0.2) is 0 Å². The number of rotatable bonds is 4. The molecule has 0 bridgehead atoms. The standard InChI is InChI=1S/C16H18BrNO/c1-3-12-7-8-15(18-11-12)10-16(2,19)13-5-4-6-14(17)9-13/h4-9,11,19H,3,10H2,1-2H3. The molecule has 0 fully saturated rings. The van der Waals surface area contributed by atoms with Gasteiger partial charge < -0.3 is 5.11 Å². The summed E-state index contributed by atoms with van der Waals surface area (Å²) < 4.78 is 0.972. The van der Waals surface area contributed by atoms with Crippen LogP contribution in [0.1, 0.15) is 30.7 Å². The van der Waals surface area contributed by atoms with Gasteiger partial charge in [-0.2, -0.15) is 0 Å². The normalized spacial score (nSPS) is 14.1. The van der Waals surface area contributed by atoms with Gasteiger partial charge in [0.15, 0.2) is 0 Å². The number of nitrogens with zero attached hydrogens (tertiary/aromatic N) is 1. The first-order valence-electron chi connectivity index (χ1n) is 6.43. The molecular formula is C16H18BrNO. The van der Waals surface area contributed by atoms with Crippen LogP contribution in [0.25, 0.3) is 0 Å². The monoisotopic (exact) mass is 319 g/mol. The molecule has 0 aliphatic heterocycles. The van der Waals surface area contributed by atoms with E-state index in [1.54, 1.807) is 0 Å². The van der Waals surface area contributed by atoms with Crippen molar-refractivity contribution in [1.29, 1.82) is 0 Å². The summed E-state index contributed by atoms with van der Waals surface area (Å²) in [6.07, 6.45) is 3.37. The average Bonchev–Trinajstić information content (AvgIpc) is 2.39. The van der Waals surface area contributed by atoms with Crippen LogP contribution >= 0.6 is 15.9 Å². The van der Waals surface area contributed by atoms with Crippen LogP contribution in [-0.4, -0.2) is 10.1 Å². The second kappa shape index (κ2) is 5.85. The summed E-state index contributed by atoms with van der Waals surface area (Å²) >= 11 is 3.43. The maximum absolute atomic E-state index is 10.6. The van der Waals surface area contributed by atoms with Gasteiger partial charge in [-0.15, -0.1) is 0 Å². The van der Waals surface area contributed by atoms with Crippen LogP contribution < -0.4 is 0 Å². The summed E-state index contributed by atoms with van der Waals surface area (Å²) in [5.41, 5.74) is 2.10. The molecule has 0 spiro atoms. The van der Waals surface area contributed by atoms with Gasteiger partial charge in [0, 0.05) is 22.8 Å². The van der Waals surface area contributed by atoms with E-state index < -0.39 is 5.60 Å². The lowest BCUT2D eigenvalue weighted by molar-refractivity contribution is 0.0565. The van der Waals surface area contributed by atoms with Crippen molar-refractivity contribution in [1.82, 2.24) is 4.98 Å². The molecule has 1 atom stereocenters. The van der Waals surface area contributed by atoms with Crippen molar-refractivity contribution in [3.8, 4) is 0 Å². The summed E-state index contributed by atoms with van der Waals surface area (Å²) in [7, 11) is 0. The third kappa shape index (κ3) is 3.64. The number of hydrogen-bond acceptors (Lipinski definition) is 2. The van der Waals surface area contributed by atoms with Crippen molar-refractivity contribution in [2.45, 2.75) is 32.3 Å². The first kappa shape index (κ1) is 14.2. The van der Waals surface area contributed by atoms with Crippen molar-refractivity contribution in [2.24, 2.45) is 0 Å². The fraction of sp³-hybridized carbons (Fsp3) is 0.312. The molecule has 1 N–H and O–H groups in total. The van der Waals surface area contributed by atoms with E-state index in [0.29, 0.717) is 6.42 Å². The summed E-state index contributed by atoms with van der Waals surface area (Å²) in [5, 5.41) is 10.6. The van der Waals surface area contributed by atoms with E-state index in [0.717, 1.165) is 22.2 Å². The van der Waals surface area contributed by atoms with Crippen LogP contribution in [0.15, 0.2) is 47.1 Å². The largest absolute Gasteiger partial charge is 0.385 e. The van der Waals surface area contributed by atoms with Crippen LogP contribution in [-0.2, 0) is 18.4 Å². The van der Waals surface area contributed by atoms with Crippen LogP contribution in [0, 0.1) is 0 Å². The molecule has 1 heterocycles. The SMILES string of the molecule is CCc1ccc(CC(C)(O)c2cccc(Br)c2)nc1. The number of aliphatic hydroxyl groups is 1. The fourth-order valence-corrected chi connectivity index (χ4v) is 2.45. The second-order valence-electron chi connectivity index (χ2n) is 4.97. The Labute approximate surface area is 122 Å². The molecule has 0 saturated carbocycles. The minimum atomic E-state index is -0.912. The molecule has 3 heteroatoms. The van der Waals surface area contributed by atoms with Gasteiger partial charge in [-0.05, 0) is 42.7 Å². The third-order valence-corrected chi connectivity index (χ3v) is 3.76. The first-order valence-corrected chi connectivity index (χ1v) is 7.23. The highest BCUT2D eigenvalue weighted by atomic mass is 79.9. The molecule has 1 aromatic carbocycles. The van der Waals surface area contributed by atoms with Crippen molar-refractivity contribution < 1.29 is 5.11 Å². The Morgan fingerprint density at radius 2 is 2.05 bits per heavy atom. The highest BCUT2D eigenvalue weighted by Gasteiger charge is 2.24. The number of halogens is 1. The van der Waals surface area contributed by atoms with Crippen molar-refractivity contribution in [2.75, 3.05) is 0 Å². The van der Waals surface area contributed by atoms with Crippen LogP contribution in [0.3, 0.4) is 0 Å². The molecule has 2 nitrogen and oxygen atoms in total. The van der Waals surface area contributed by atoms with Crippen molar-refractivity contribution >= 4 is 15.9 Å². The van der Waals surface area contributed by atoms with Gasteiger partial charge in [-0.1, -0.05) is 41.1 Å². The van der Waals surface area contributed by atoms with Gasteiger partial charge in [0.1, 0.15) is 0 Å². The predicted molar refractivity (Wildman–Crippen MR) is 81.0 cm³/mol. The van der Waals surface area contributed by atoms with Crippen molar-refractivity contribution in [3.05, 3.63) is 63.9 Å². The Bertz CT molecular complexity index is 549. The number of aromatic nitrogens is 1. The molecule has 0 saturated heterocycles. The molecule has 19 heavy (non-hydrogen) atoms. The zero-order valence-electron chi connectivity index (χ0n) is 11.2. The number of benzene rings is 1. The molecule has 1 aromatic heterocycles. The lowest BCUT2D eigenvalue weighted by Crippen LogP contribution is -2.24. The number of hydrogen-bond donors (Lipinski definition) is 1. The molecule has 0 aliphatic carbocycles. The summed E-state index contributed by atoms with van der Waals surface area (Å²) in [4.78, 5) is 4.41. The Balaban J connectivity index is 2.20. The predicted octanol–water partition coefficient (Wildman–Crippen LogP) is 3.86. The van der Waals surface area contributed by atoms with E-state index >= 15 is 0 Å². The number of pyridine rings is 1. The maximum Gasteiger partial charge on any atom is 0.0924 e. The Morgan fingerprint density at radius 1 is 1.26 bits per heavy atom. The zero-order valence-corrected chi connectivity index (χ0v) is 12.8. The first-order chi connectivity index (χ1) is 9.01. The van der Waals surface area contributed by atoms with Crippen LogP contribution in [0.5, 0.6) is 0 Å². The van der Waals surface area contributed by atoms with Gasteiger partial charge in [0.05, 0.1) is 5.60 Å². The third-order valence-electron chi connectivity index (χ3n) is 3.27. The van der Waals surface area contributed by atoms with E-state index in [9.17, 15) is 5.11 Å². The highest BCUT2D eigenvalue weighted by Crippen LogP contribution is 2.26. The summed E-state index contributed by atoms with van der Waals surface area (Å²) in [6, 6.07) is 11.8. The molecule has 2 rings (SSSR count). The van der Waals surface area contributed by atoms with Crippen molar-refractivity contribution in [3.63, 3.8) is 0 Å². The quantitative estimate of drug-likeness (QED) is 0.928. The highest BCUT2D eigenvalue weighted by molar-refractivity contribution is 9.10. The fourth-order valence-electron chi connectivity index (χ4n) is 2.05. The van der Waals surface area contributed by atoms with E-state index in [1.165, 1.54) is 5.56 Å². The zero-order chi connectivity index (χ0) is 13.9. The van der Waals surface area contributed by atoms with E-state index in [4.69, 9.17) is 0 Å². The van der Waals surface area contributed by atoms with Gasteiger partial charge in [0.2, 0.25) is 0 Å². The Morgan fingerprint density at radius 3 is 2.63 bits per heavy atom. The van der Waals surface area contributed by atoms with Gasteiger partial charge >= 0.3 is 0 Å². The minimum Gasteiger partial charge on any atom is -0.385 e. The summed E-state index contributed by atoms with van der Waals surface area (Å²) in [6.45, 7) is 3.93. The molecule has 0 aliphatic rings. The molecule has 1 unspecified atom stereocenters. The molecule has 0 amide bonds. The smallest absolute Gasteiger partial charge is 0.0924 e. The molecule has 0 radical (unpaired) electrons. The summed E-state index contributed by atoms with van der Waals surface area (Å²) in [5.74, 6) is 0. The average molecular weight is 320 g/mol. The second-order valence-corrected chi connectivity index (χ2v) is 5.89. The van der Waals surface area contributed by atoms with E-state index in [-0.39, 0.29) is 0 Å². The Hall–Kier alpha value is -1.19. The Kier molecular flexibility index (Phi) is 4.38. The maximum atomic E-state index is 10.6. The van der Waals surface area contributed by atoms with Crippen LogP contribution in [0.4, 0.5) is 0 Å². The topological polar surface area (TPSA) is 33.1 Å². The lowest BCUT2D eigenvalue weighted by atomic mass is 9.91. The van der Waals surface area contributed by atoms with E-state index in [1.807, 2.05) is 43.5 Å². The molecule has 100 valence electrons.